The number of carbonyl (C=O) groups is 2. The second kappa shape index (κ2) is 9.11. The van der Waals surface area contributed by atoms with Crippen molar-refractivity contribution in [1.82, 2.24) is 4.90 Å². The SMILES string of the molecule is CC(C)C(C(=O)Nc1sc2c(c1C#N)CCN(C(=O)OC(C)(C)C)C2)c1ccccc1. The zero-order chi connectivity index (χ0) is 22.8. The van der Waals surface area contributed by atoms with Gasteiger partial charge in [0.25, 0.3) is 0 Å². The van der Waals surface area contributed by atoms with Gasteiger partial charge in [0.15, 0.2) is 0 Å². The summed E-state index contributed by atoms with van der Waals surface area (Å²) in [5.41, 5.74) is 1.81. The summed E-state index contributed by atoms with van der Waals surface area (Å²) in [5, 5.41) is 13.3. The monoisotopic (exact) mass is 439 g/mol. The molecule has 1 aromatic heterocycles. The Balaban J connectivity index is 1.82. The van der Waals surface area contributed by atoms with Crippen LogP contribution < -0.4 is 5.32 Å². The fraction of sp³-hybridized carbons (Fsp3) is 0.458. The molecule has 1 aliphatic rings. The van der Waals surface area contributed by atoms with Crippen LogP contribution in [0.15, 0.2) is 30.3 Å². The molecule has 0 spiro atoms. The number of hydrogen-bond donors (Lipinski definition) is 1. The summed E-state index contributed by atoms with van der Waals surface area (Å²) in [6.07, 6.45) is 0.204. The highest BCUT2D eigenvalue weighted by atomic mass is 32.1. The van der Waals surface area contributed by atoms with Crippen LogP contribution in [-0.2, 0) is 22.5 Å². The first-order valence-corrected chi connectivity index (χ1v) is 11.3. The number of amides is 2. The fourth-order valence-corrected chi connectivity index (χ4v) is 5.00. The molecule has 1 atom stereocenters. The number of fused-ring (bicyclic) bond motifs is 1. The largest absolute Gasteiger partial charge is 0.444 e. The number of thiophene rings is 1. The van der Waals surface area contributed by atoms with E-state index < -0.39 is 5.60 Å². The lowest BCUT2D eigenvalue weighted by molar-refractivity contribution is -0.118. The van der Waals surface area contributed by atoms with E-state index in [0.717, 1.165) is 16.0 Å². The molecule has 6 nitrogen and oxygen atoms in total. The highest BCUT2D eigenvalue weighted by Crippen LogP contribution is 2.38. The molecule has 7 heteroatoms. The summed E-state index contributed by atoms with van der Waals surface area (Å²) in [4.78, 5) is 28.2. The molecule has 0 radical (unpaired) electrons. The Kier molecular flexibility index (Phi) is 6.71. The van der Waals surface area contributed by atoms with Crippen LogP contribution >= 0.6 is 11.3 Å². The summed E-state index contributed by atoms with van der Waals surface area (Å²) < 4.78 is 5.48. The van der Waals surface area contributed by atoms with Gasteiger partial charge in [-0.05, 0) is 44.2 Å². The van der Waals surface area contributed by atoms with Crippen molar-refractivity contribution in [2.75, 3.05) is 11.9 Å². The predicted molar refractivity (Wildman–Crippen MR) is 122 cm³/mol. The maximum Gasteiger partial charge on any atom is 0.410 e. The first-order chi connectivity index (χ1) is 14.6. The van der Waals surface area contributed by atoms with E-state index in [2.05, 4.69) is 11.4 Å². The summed E-state index contributed by atoms with van der Waals surface area (Å²) in [5.74, 6) is -0.337. The Morgan fingerprint density at radius 3 is 2.48 bits per heavy atom. The molecule has 2 heterocycles. The van der Waals surface area contributed by atoms with Crippen molar-refractivity contribution in [1.29, 1.82) is 5.26 Å². The van der Waals surface area contributed by atoms with E-state index >= 15 is 0 Å². The first-order valence-electron chi connectivity index (χ1n) is 10.5. The Bertz CT molecular complexity index is 1000. The van der Waals surface area contributed by atoms with E-state index in [4.69, 9.17) is 4.74 Å². The molecular weight excluding hydrogens is 410 g/mol. The number of rotatable bonds is 4. The molecule has 31 heavy (non-hydrogen) atoms. The molecule has 3 rings (SSSR count). The average Bonchev–Trinajstić information content (AvgIpc) is 3.03. The van der Waals surface area contributed by atoms with Crippen LogP contribution in [0.4, 0.5) is 9.80 Å². The van der Waals surface area contributed by atoms with Crippen molar-refractivity contribution in [2.24, 2.45) is 5.92 Å². The molecule has 164 valence electrons. The van der Waals surface area contributed by atoms with E-state index in [9.17, 15) is 14.9 Å². The van der Waals surface area contributed by atoms with E-state index in [1.165, 1.54) is 11.3 Å². The lowest BCUT2D eigenvalue weighted by Crippen LogP contribution is -2.39. The predicted octanol–water partition coefficient (Wildman–Crippen LogP) is 5.29. The molecule has 1 unspecified atom stereocenters. The molecule has 1 N–H and O–H groups in total. The van der Waals surface area contributed by atoms with Crippen LogP contribution in [0.3, 0.4) is 0 Å². The summed E-state index contributed by atoms with van der Waals surface area (Å²) in [6.45, 7) is 10.4. The van der Waals surface area contributed by atoms with E-state index in [1.54, 1.807) is 4.90 Å². The summed E-state index contributed by atoms with van der Waals surface area (Å²) in [7, 11) is 0. The number of benzene rings is 1. The summed E-state index contributed by atoms with van der Waals surface area (Å²) in [6, 6.07) is 11.9. The Hall–Kier alpha value is -2.85. The third-order valence-corrected chi connectivity index (χ3v) is 6.30. The number of hydrogen-bond acceptors (Lipinski definition) is 5. The first kappa shape index (κ1) is 22.8. The van der Waals surface area contributed by atoms with Crippen molar-refractivity contribution in [3.05, 3.63) is 51.9 Å². The number of carbonyl (C=O) groups excluding carboxylic acids is 2. The Morgan fingerprint density at radius 2 is 1.90 bits per heavy atom. The van der Waals surface area contributed by atoms with Crippen LogP contribution in [0.25, 0.3) is 0 Å². The molecule has 0 bridgehead atoms. The molecule has 1 aromatic carbocycles. The minimum Gasteiger partial charge on any atom is -0.444 e. The van der Waals surface area contributed by atoms with Crippen LogP contribution in [0.2, 0.25) is 0 Å². The maximum absolute atomic E-state index is 13.2. The van der Waals surface area contributed by atoms with Gasteiger partial charge in [0, 0.05) is 11.4 Å². The minimum absolute atomic E-state index is 0.102. The highest BCUT2D eigenvalue weighted by molar-refractivity contribution is 7.16. The highest BCUT2D eigenvalue weighted by Gasteiger charge is 2.31. The second-order valence-electron chi connectivity index (χ2n) is 9.09. The van der Waals surface area contributed by atoms with Gasteiger partial charge in [-0.15, -0.1) is 11.3 Å². The van der Waals surface area contributed by atoms with Crippen LogP contribution in [-0.4, -0.2) is 29.0 Å². The van der Waals surface area contributed by atoms with Crippen molar-refractivity contribution < 1.29 is 14.3 Å². The van der Waals surface area contributed by atoms with Crippen LogP contribution in [0.1, 0.15) is 62.1 Å². The third-order valence-electron chi connectivity index (χ3n) is 5.16. The topological polar surface area (TPSA) is 82.4 Å². The molecule has 0 saturated carbocycles. The summed E-state index contributed by atoms with van der Waals surface area (Å²) >= 11 is 1.37. The molecule has 0 fully saturated rings. The molecule has 2 aromatic rings. The lowest BCUT2D eigenvalue weighted by atomic mass is 9.87. The van der Waals surface area contributed by atoms with E-state index in [0.29, 0.717) is 30.1 Å². The number of anilines is 1. The minimum atomic E-state index is -0.562. The molecule has 0 saturated heterocycles. The van der Waals surface area contributed by atoms with Crippen LogP contribution in [0.5, 0.6) is 0 Å². The molecule has 0 aliphatic carbocycles. The molecule has 1 aliphatic heterocycles. The quantitative estimate of drug-likeness (QED) is 0.701. The molecule has 2 amide bonds. The van der Waals surface area contributed by atoms with Gasteiger partial charge in [-0.2, -0.15) is 5.26 Å². The van der Waals surface area contributed by atoms with Gasteiger partial charge in [-0.25, -0.2) is 4.79 Å². The Morgan fingerprint density at radius 1 is 1.23 bits per heavy atom. The lowest BCUT2D eigenvalue weighted by Gasteiger charge is -2.29. The standard InChI is InChI=1S/C24H29N3O3S/c1-15(2)20(16-9-7-6-8-10-16)21(28)26-22-18(13-25)17-11-12-27(14-19(17)31-22)23(29)30-24(3,4)5/h6-10,15,20H,11-12,14H2,1-5H3,(H,26,28). The van der Waals surface area contributed by atoms with Crippen molar-refractivity contribution >= 4 is 28.3 Å². The van der Waals surface area contributed by atoms with Crippen LogP contribution in [0, 0.1) is 17.2 Å². The second-order valence-corrected chi connectivity index (χ2v) is 10.2. The zero-order valence-corrected chi connectivity index (χ0v) is 19.5. The third kappa shape index (κ3) is 5.26. The van der Waals surface area contributed by atoms with Gasteiger partial charge < -0.3 is 15.0 Å². The van der Waals surface area contributed by atoms with Gasteiger partial charge in [0.1, 0.15) is 16.7 Å². The molecular formula is C24H29N3O3S. The van der Waals surface area contributed by atoms with Gasteiger partial charge in [0.2, 0.25) is 5.91 Å². The average molecular weight is 440 g/mol. The zero-order valence-electron chi connectivity index (χ0n) is 18.7. The van der Waals surface area contributed by atoms with Gasteiger partial charge in [-0.3, -0.25) is 4.79 Å². The van der Waals surface area contributed by atoms with Crippen molar-refractivity contribution in [2.45, 2.75) is 59.1 Å². The van der Waals surface area contributed by atoms with Crippen molar-refractivity contribution in [3.8, 4) is 6.07 Å². The van der Waals surface area contributed by atoms with E-state index in [1.807, 2.05) is 65.0 Å². The normalized spacial score (nSPS) is 14.5. The number of nitriles is 1. The van der Waals surface area contributed by atoms with Gasteiger partial charge >= 0.3 is 6.09 Å². The van der Waals surface area contributed by atoms with E-state index in [-0.39, 0.29) is 23.8 Å². The Labute approximate surface area is 187 Å². The van der Waals surface area contributed by atoms with Gasteiger partial charge in [-0.1, -0.05) is 44.2 Å². The fourth-order valence-electron chi connectivity index (χ4n) is 3.78. The number of nitrogens with zero attached hydrogens (tertiary/aromatic N) is 2. The number of nitrogens with one attached hydrogen (secondary N) is 1. The maximum atomic E-state index is 13.2. The van der Waals surface area contributed by atoms with Gasteiger partial charge in [0.05, 0.1) is 18.0 Å². The van der Waals surface area contributed by atoms with Crippen molar-refractivity contribution in [3.63, 3.8) is 0 Å². The smallest absolute Gasteiger partial charge is 0.410 e. The number of ether oxygens (including phenoxy) is 1.